The molecule has 1 aliphatic heterocycles. The number of rotatable bonds is 5. The average Bonchev–Trinajstić information content (AvgIpc) is 2.92. The smallest absolute Gasteiger partial charge is 0.356 e. The van der Waals surface area contributed by atoms with Crippen LogP contribution in [0.1, 0.15) is 36.2 Å². The third-order valence-corrected chi connectivity index (χ3v) is 3.54. The standard InChI is InChI=1S/C14H20N2O3/c1-19-14(18)13-10-12(6-7-15-13)16-8-2-4-11(16)5-3-9-17/h6-7,10-11,17H,2-5,8-9H2,1H3. The third kappa shape index (κ3) is 3.23. The van der Waals surface area contributed by atoms with Gasteiger partial charge in [-0.3, -0.25) is 0 Å². The Morgan fingerprint density at radius 2 is 2.47 bits per heavy atom. The molecule has 0 bridgehead atoms. The topological polar surface area (TPSA) is 62.7 Å². The van der Waals surface area contributed by atoms with E-state index >= 15 is 0 Å². The number of ether oxygens (including phenoxy) is 1. The van der Waals surface area contributed by atoms with E-state index in [1.807, 2.05) is 6.07 Å². The van der Waals surface area contributed by atoms with Gasteiger partial charge >= 0.3 is 5.97 Å². The summed E-state index contributed by atoms with van der Waals surface area (Å²) >= 11 is 0. The molecule has 1 unspecified atom stereocenters. The highest BCUT2D eigenvalue weighted by atomic mass is 16.5. The van der Waals surface area contributed by atoms with Gasteiger partial charge in [-0.15, -0.1) is 0 Å². The van der Waals surface area contributed by atoms with Crippen LogP contribution in [-0.2, 0) is 4.74 Å². The maximum atomic E-state index is 11.5. The Bertz CT molecular complexity index is 436. The van der Waals surface area contributed by atoms with Crippen LogP contribution >= 0.6 is 0 Å². The summed E-state index contributed by atoms with van der Waals surface area (Å²) in [5.41, 5.74) is 1.35. The van der Waals surface area contributed by atoms with Gasteiger partial charge in [0.05, 0.1) is 7.11 Å². The average molecular weight is 264 g/mol. The number of esters is 1. The van der Waals surface area contributed by atoms with Gasteiger partial charge in [-0.05, 0) is 37.8 Å². The second kappa shape index (κ2) is 6.52. The first-order valence-electron chi connectivity index (χ1n) is 6.68. The Labute approximate surface area is 113 Å². The second-order valence-electron chi connectivity index (χ2n) is 4.75. The molecule has 104 valence electrons. The number of carbonyl (C=O) groups is 1. The fourth-order valence-corrected chi connectivity index (χ4v) is 2.62. The van der Waals surface area contributed by atoms with Crippen molar-refractivity contribution >= 4 is 11.7 Å². The van der Waals surface area contributed by atoms with Crippen molar-refractivity contribution in [3.8, 4) is 0 Å². The molecule has 5 heteroatoms. The molecule has 0 amide bonds. The van der Waals surface area contributed by atoms with Crippen molar-refractivity contribution in [3.63, 3.8) is 0 Å². The summed E-state index contributed by atoms with van der Waals surface area (Å²) < 4.78 is 4.69. The lowest BCUT2D eigenvalue weighted by atomic mass is 10.1. The summed E-state index contributed by atoms with van der Waals surface area (Å²) in [7, 11) is 1.36. The molecule has 2 rings (SSSR count). The first-order chi connectivity index (χ1) is 9.26. The van der Waals surface area contributed by atoms with Crippen molar-refractivity contribution in [3.05, 3.63) is 24.0 Å². The Balaban J connectivity index is 2.14. The Morgan fingerprint density at radius 3 is 3.21 bits per heavy atom. The quantitative estimate of drug-likeness (QED) is 0.819. The van der Waals surface area contributed by atoms with E-state index in [0.29, 0.717) is 11.7 Å². The van der Waals surface area contributed by atoms with Crippen molar-refractivity contribution in [2.75, 3.05) is 25.2 Å². The van der Waals surface area contributed by atoms with Crippen molar-refractivity contribution in [2.45, 2.75) is 31.7 Å². The van der Waals surface area contributed by atoms with Crippen LogP contribution in [0.5, 0.6) is 0 Å². The third-order valence-electron chi connectivity index (χ3n) is 3.54. The zero-order valence-corrected chi connectivity index (χ0v) is 11.2. The lowest BCUT2D eigenvalue weighted by Crippen LogP contribution is -2.29. The van der Waals surface area contributed by atoms with Gasteiger partial charge in [-0.25, -0.2) is 9.78 Å². The fraction of sp³-hybridized carbons (Fsp3) is 0.571. The predicted octanol–water partition coefficient (Wildman–Crippen LogP) is 1.61. The summed E-state index contributed by atoms with van der Waals surface area (Å²) in [5, 5.41) is 8.94. The number of anilines is 1. The number of methoxy groups -OCH3 is 1. The minimum atomic E-state index is -0.409. The molecule has 1 atom stereocenters. The van der Waals surface area contributed by atoms with Gasteiger partial charge in [0.15, 0.2) is 0 Å². The van der Waals surface area contributed by atoms with Crippen LogP contribution in [0.3, 0.4) is 0 Å². The lowest BCUT2D eigenvalue weighted by Gasteiger charge is -2.26. The van der Waals surface area contributed by atoms with E-state index in [1.165, 1.54) is 7.11 Å². The number of aliphatic hydroxyl groups is 1. The van der Waals surface area contributed by atoms with E-state index in [2.05, 4.69) is 9.88 Å². The van der Waals surface area contributed by atoms with Crippen LogP contribution < -0.4 is 4.90 Å². The van der Waals surface area contributed by atoms with Gasteiger partial charge in [0.1, 0.15) is 5.69 Å². The monoisotopic (exact) mass is 264 g/mol. The van der Waals surface area contributed by atoms with E-state index < -0.39 is 5.97 Å². The van der Waals surface area contributed by atoms with Crippen molar-refractivity contribution in [1.82, 2.24) is 4.98 Å². The summed E-state index contributed by atoms with van der Waals surface area (Å²) in [6.45, 7) is 1.22. The number of aromatic nitrogens is 1. The van der Waals surface area contributed by atoms with Crippen LogP contribution in [0.2, 0.25) is 0 Å². The van der Waals surface area contributed by atoms with Crippen LogP contribution in [0, 0.1) is 0 Å². The highest BCUT2D eigenvalue weighted by molar-refractivity contribution is 5.88. The van der Waals surface area contributed by atoms with Crippen molar-refractivity contribution in [1.29, 1.82) is 0 Å². The molecule has 0 radical (unpaired) electrons. The first kappa shape index (κ1) is 13.8. The van der Waals surface area contributed by atoms with Gasteiger partial charge in [0.2, 0.25) is 0 Å². The first-order valence-corrected chi connectivity index (χ1v) is 6.68. The minimum absolute atomic E-state index is 0.230. The molecular formula is C14H20N2O3. The Kier molecular flexibility index (Phi) is 4.74. The molecule has 1 saturated heterocycles. The summed E-state index contributed by atoms with van der Waals surface area (Å²) in [6.07, 6.45) is 5.72. The molecule has 1 aromatic rings. The molecule has 1 aliphatic rings. The molecule has 1 N–H and O–H groups in total. The Morgan fingerprint density at radius 1 is 1.63 bits per heavy atom. The van der Waals surface area contributed by atoms with E-state index in [4.69, 9.17) is 9.84 Å². The number of hydrogen-bond donors (Lipinski definition) is 1. The van der Waals surface area contributed by atoms with Crippen LogP contribution in [0.25, 0.3) is 0 Å². The second-order valence-corrected chi connectivity index (χ2v) is 4.75. The van der Waals surface area contributed by atoms with Gasteiger partial charge in [0.25, 0.3) is 0 Å². The molecule has 0 aliphatic carbocycles. The molecule has 0 aromatic carbocycles. The van der Waals surface area contributed by atoms with Gasteiger partial charge in [-0.2, -0.15) is 0 Å². The number of hydrogen-bond acceptors (Lipinski definition) is 5. The molecule has 0 saturated carbocycles. The molecular weight excluding hydrogens is 244 g/mol. The summed E-state index contributed by atoms with van der Waals surface area (Å²) in [4.78, 5) is 17.8. The van der Waals surface area contributed by atoms with E-state index in [9.17, 15) is 4.79 Å². The highest BCUT2D eigenvalue weighted by Gasteiger charge is 2.24. The zero-order valence-electron chi connectivity index (χ0n) is 11.2. The largest absolute Gasteiger partial charge is 0.464 e. The molecule has 5 nitrogen and oxygen atoms in total. The van der Waals surface area contributed by atoms with Gasteiger partial charge in [-0.1, -0.05) is 0 Å². The summed E-state index contributed by atoms with van der Waals surface area (Å²) in [5.74, 6) is -0.409. The number of carbonyl (C=O) groups excluding carboxylic acids is 1. The van der Waals surface area contributed by atoms with Crippen molar-refractivity contribution in [2.24, 2.45) is 0 Å². The summed E-state index contributed by atoms with van der Waals surface area (Å²) in [6, 6.07) is 4.15. The molecule has 0 spiro atoms. The predicted molar refractivity (Wildman–Crippen MR) is 72.3 cm³/mol. The van der Waals surface area contributed by atoms with E-state index in [1.54, 1.807) is 12.3 Å². The van der Waals surface area contributed by atoms with E-state index in [0.717, 1.165) is 37.9 Å². The van der Waals surface area contributed by atoms with Crippen LogP contribution in [0.15, 0.2) is 18.3 Å². The lowest BCUT2D eigenvalue weighted by molar-refractivity contribution is 0.0594. The zero-order chi connectivity index (χ0) is 13.7. The molecule has 2 heterocycles. The maximum absolute atomic E-state index is 11.5. The van der Waals surface area contributed by atoms with Crippen molar-refractivity contribution < 1.29 is 14.6 Å². The number of nitrogens with zero attached hydrogens (tertiary/aromatic N) is 2. The van der Waals surface area contributed by atoms with Crippen LogP contribution in [0.4, 0.5) is 5.69 Å². The minimum Gasteiger partial charge on any atom is -0.464 e. The van der Waals surface area contributed by atoms with Crippen LogP contribution in [-0.4, -0.2) is 42.4 Å². The number of aliphatic hydroxyl groups excluding tert-OH is 1. The molecule has 19 heavy (non-hydrogen) atoms. The molecule has 1 fully saturated rings. The normalized spacial score (nSPS) is 18.6. The van der Waals surface area contributed by atoms with Gasteiger partial charge < -0.3 is 14.7 Å². The maximum Gasteiger partial charge on any atom is 0.356 e. The highest BCUT2D eigenvalue weighted by Crippen LogP contribution is 2.28. The van der Waals surface area contributed by atoms with E-state index in [-0.39, 0.29) is 6.61 Å². The Hall–Kier alpha value is -1.62. The number of pyridine rings is 1. The molecule has 1 aromatic heterocycles. The fourth-order valence-electron chi connectivity index (χ4n) is 2.62. The SMILES string of the molecule is COC(=O)c1cc(N2CCCC2CCCO)ccn1. The van der Waals surface area contributed by atoms with Gasteiger partial charge in [0, 0.05) is 31.1 Å².